The number of aryl methyl sites for hydroxylation is 1. The molecular weight excluding hydrogens is 349 g/mol. The number of hydrogen-bond donors (Lipinski definition) is 1. The first-order valence-corrected chi connectivity index (χ1v) is 9.34. The highest BCUT2D eigenvalue weighted by molar-refractivity contribution is 5.96. The Morgan fingerprint density at radius 2 is 1.89 bits per heavy atom. The lowest BCUT2D eigenvalue weighted by atomic mass is 9.84. The summed E-state index contributed by atoms with van der Waals surface area (Å²) in [7, 11) is 0. The average Bonchev–Trinajstić information content (AvgIpc) is 3.23. The minimum absolute atomic E-state index is 0.0244. The van der Waals surface area contributed by atoms with Gasteiger partial charge < -0.3 is 10.0 Å². The summed E-state index contributed by atoms with van der Waals surface area (Å²) >= 11 is 0. The molecule has 2 aliphatic rings. The monoisotopic (exact) mass is 371 g/mol. The van der Waals surface area contributed by atoms with Gasteiger partial charge in [0.15, 0.2) is 5.69 Å². The van der Waals surface area contributed by atoms with Gasteiger partial charge in [-0.05, 0) is 62.4 Å². The largest absolute Gasteiger partial charge is 0.480 e. The summed E-state index contributed by atoms with van der Waals surface area (Å²) in [6, 6.07) is 6.72. The van der Waals surface area contributed by atoms with Crippen LogP contribution in [0.25, 0.3) is 5.69 Å². The van der Waals surface area contributed by atoms with E-state index in [9.17, 15) is 19.1 Å². The van der Waals surface area contributed by atoms with Crippen LogP contribution >= 0.6 is 0 Å². The number of aromatic nitrogens is 2. The summed E-state index contributed by atoms with van der Waals surface area (Å²) < 4.78 is 14.8. The minimum Gasteiger partial charge on any atom is -0.480 e. The zero-order chi connectivity index (χ0) is 19.1. The van der Waals surface area contributed by atoms with Crippen molar-refractivity contribution in [3.05, 3.63) is 47.5 Å². The van der Waals surface area contributed by atoms with Crippen molar-refractivity contribution in [3.63, 3.8) is 0 Å². The highest BCUT2D eigenvalue weighted by atomic mass is 19.1. The number of benzene rings is 1. The van der Waals surface area contributed by atoms with Crippen molar-refractivity contribution in [2.75, 3.05) is 0 Å². The Balaban J connectivity index is 1.66. The van der Waals surface area contributed by atoms with E-state index in [0.717, 1.165) is 31.4 Å². The van der Waals surface area contributed by atoms with Gasteiger partial charge in [0, 0.05) is 11.7 Å². The van der Waals surface area contributed by atoms with Crippen molar-refractivity contribution < 1.29 is 19.1 Å². The normalized spacial score (nSPS) is 24.7. The predicted octanol–water partition coefficient (Wildman–Crippen LogP) is 3.18. The van der Waals surface area contributed by atoms with Gasteiger partial charge >= 0.3 is 5.97 Å². The van der Waals surface area contributed by atoms with Gasteiger partial charge in [-0.25, -0.2) is 13.9 Å². The van der Waals surface area contributed by atoms with Crippen LogP contribution < -0.4 is 0 Å². The average molecular weight is 371 g/mol. The summed E-state index contributed by atoms with van der Waals surface area (Å²) in [5, 5.41) is 14.0. The fourth-order valence-corrected chi connectivity index (χ4v) is 4.53. The molecule has 0 radical (unpaired) electrons. The number of rotatable bonds is 3. The molecule has 1 amide bonds. The molecule has 2 aromatic rings. The van der Waals surface area contributed by atoms with E-state index >= 15 is 0 Å². The number of halogens is 1. The van der Waals surface area contributed by atoms with Crippen molar-refractivity contribution in [3.8, 4) is 5.69 Å². The van der Waals surface area contributed by atoms with Gasteiger partial charge in [0.1, 0.15) is 11.9 Å². The first-order chi connectivity index (χ1) is 13.0. The van der Waals surface area contributed by atoms with E-state index in [1.165, 1.54) is 12.1 Å². The molecule has 3 atom stereocenters. The molecule has 6 nitrogen and oxygen atoms in total. The van der Waals surface area contributed by atoms with Crippen LogP contribution in [0.5, 0.6) is 0 Å². The SMILES string of the molecule is Cc1cc(C(=O)N2C(C(=O)O)CC3CCCCC32)nn1-c1ccc(F)cc1. The molecule has 0 bridgehead atoms. The lowest BCUT2D eigenvalue weighted by Crippen LogP contribution is -2.46. The van der Waals surface area contributed by atoms with Gasteiger partial charge in [0.05, 0.1) is 5.69 Å². The van der Waals surface area contributed by atoms with E-state index in [-0.39, 0.29) is 29.4 Å². The number of carbonyl (C=O) groups is 2. The predicted molar refractivity (Wildman–Crippen MR) is 96.2 cm³/mol. The van der Waals surface area contributed by atoms with Crippen LogP contribution in [0, 0.1) is 18.7 Å². The van der Waals surface area contributed by atoms with Gasteiger partial charge in [-0.2, -0.15) is 5.10 Å². The highest BCUT2D eigenvalue weighted by Crippen LogP contribution is 2.40. The third kappa shape index (κ3) is 3.11. The fourth-order valence-electron chi connectivity index (χ4n) is 4.53. The van der Waals surface area contributed by atoms with E-state index in [0.29, 0.717) is 12.1 Å². The summed E-state index contributed by atoms with van der Waals surface area (Å²) in [6.07, 6.45) is 4.44. The number of nitrogens with zero attached hydrogens (tertiary/aromatic N) is 3. The summed E-state index contributed by atoms with van der Waals surface area (Å²) in [4.78, 5) is 26.5. The van der Waals surface area contributed by atoms with E-state index < -0.39 is 12.0 Å². The molecule has 1 N–H and O–H groups in total. The van der Waals surface area contributed by atoms with Crippen molar-refractivity contribution in [2.24, 2.45) is 5.92 Å². The Bertz CT molecular complexity index is 877. The summed E-state index contributed by atoms with van der Waals surface area (Å²) in [5.41, 5.74) is 1.62. The Morgan fingerprint density at radius 3 is 2.59 bits per heavy atom. The molecular formula is C20H22FN3O3. The van der Waals surface area contributed by atoms with Gasteiger partial charge in [0.2, 0.25) is 0 Å². The third-order valence-electron chi connectivity index (χ3n) is 5.79. The first kappa shape index (κ1) is 17.7. The molecule has 1 aromatic heterocycles. The molecule has 2 heterocycles. The lowest BCUT2D eigenvalue weighted by Gasteiger charge is -2.32. The van der Waals surface area contributed by atoms with Gasteiger partial charge in [-0.3, -0.25) is 4.79 Å². The van der Waals surface area contributed by atoms with E-state index in [4.69, 9.17) is 0 Å². The van der Waals surface area contributed by atoms with Crippen LogP contribution in [0.3, 0.4) is 0 Å². The maximum absolute atomic E-state index is 13.2. The first-order valence-electron chi connectivity index (χ1n) is 9.34. The Kier molecular flexibility index (Phi) is 4.45. The number of carbonyl (C=O) groups excluding carboxylic acids is 1. The van der Waals surface area contributed by atoms with E-state index in [1.807, 2.05) is 6.92 Å². The van der Waals surface area contributed by atoms with Crippen molar-refractivity contribution in [1.29, 1.82) is 0 Å². The maximum atomic E-state index is 13.2. The molecule has 1 aromatic carbocycles. The fraction of sp³-hybridized carbons (Fsp3) is 0.450. The molecule has 1 aliphatic carbocycles. The number of hydrogen-bond acceptors (Lipinski definition) is 3. The number of carboxylic acid groups (broad SMARTS) is 1. The van der Waals surface area contributed by atoms with Crippen molar-refractivity contribution >= 4 is 11.9 Å². The van der Waals surface area contributed by atoms with Crippen LogP contribution in [0.4, 0.5) is 4.39 Å². The second-order valence-electron chi connectivity index (χ2n) is 7.47. The molecule has 2 fully saturated rings. The topological polar surface area (TPSA) is 75.4 Å². The molecule has 4 rings (SSSR count). The Hall–Kier alpha value is -2.70. The minimum atomic E-state index is -0.951. The second kappa shape index (κ2) is 6.79. The zero-order valence-corrected chi connectivity index (χ0v) is 15.1. The molecule has 1 saturated heterocycles. The van der Waals surface area contributed by atoms with Crippen LogP contribution in [-0.2, 0) is 4.79 Å². The third-order valence-corrected chi connectivity index (χ3v) is 5.79. The molecule has 1 saturated carbocycles. The quantitative estimate of drug-likeness (QED) is 0.899. The zero-order valence-electron chi connectivity index (χ0n) is 15.1. The number of likely N-dealkylation sites (tertiary alicyclic amines) is 1. The number of aliphatic carboxylic acids is 1. The molecule has 7 heteroatoms. The van der Waals surface area contributed by atoms with Gasteiger partial charge in [-0.1, -0.05) is 12.8 Å². The molecule has 1 aliphatic heterocycles. The summed E-state index contributed by atoms with van der Waals surface area (Å²) in [6.45, 7) is 1.81. The van der Waals surface area contributed by atoms with Gasteiger partial charge in [-0.15, -0.1) is 0 Å². The van der Waals surface area contributed by atoms with E-state index in [1.54, 1.807) is 27.8 Å². The van der Waals surface area contributed by atoms with Crippen molar-refractivity contribution in [2.45, 2.75) is 51.1 Å². The van der Waals surface area contributed by atoms with Crippen LogP contribution in [-0.4, -0.2) is 43.7 Å². The number of carboxylic acids is 1. The number of fused-ring (bicyclic) bond motifs is 1. The van der Waals surface area contributed by atoms with Crippen molar-refractivity contribution in [1.82, 2.24) is 14.7 Å². The van der Waals surface area contributed by atoms with Crippen LogP contribution in [0.2, 0.25) is 0 Å². The molecule has 0 spiro atoms. The Morgan fingerprint density at radius 1 is 1.19 bits per heavy atom. The molecule has 3 unspecified atom stereocenters. The highest BCUT2D eigenvalue weighted by Gasteiger charge is 2.48. The Labute approximate surface area is 156 Å². The second-order valence-corrected chi connectivity index (χ2v) is 7.47. The van der Waals surface area contributed by atoms with E-state index in [2.05, 4.69) is 5.10 Å². The molecule has 142 valence electrons. The number of amides is 1. The smallest absolute Gasteiger partial charge is 0.326 e. The standard InChI is InChI=1S/C20H22FN3O3/c1-12-10-16(22-24(12)15-8-6-14(21)7-9-15)19(25)23-17-5-3-2-4-13(17)11-18(23)20(26)27/h6-10,13,17-18H,2-5,11H2,1H3,(H,26,27). The molecule has 27 heavy (non-hydrogen) atoms. The maximum Gasteiger partial charge on any atom is 0.326 e. The lowest BCUT2D eigenvalue weighted by molar-refractivity contribution is -0.141. The van der Waals surface area contributed by atoms with Gasteiger partial charge in [0.25, 0.3) is 5.91 Å². The van der Waals surface area contributed by atoms with Crippen LogP contribution in [0.1, 0.15) is 48.3 Å². The summed E-state index contributed by atoms with van der Waals surface area (Å²) in [5.74, 6) is -1.37. The van der Waals surface area contributed by atoms with Crippen LogP contribution in [0.15, 0.2) is 30.3 Å².